The standard InChI is InChI=1S/C11H10ClN3S2/c12-9-7-14-11(17-9)15-10(16)13-6-8-4-2-1-3-5-8/h1-5,7H,6H2,(H2,13,14,15,16). The molecule has 1 heterocycles. The van der Waals surface area contributed by atoms with Crippen molar-refractivity contribution in [3.8, 4) is 0 Å². The Balaban J connectivity index is 1.82. The number of thiocarbonyl (C=S) groups is 1. The van der Waals surface area contributed by atoms with Gasteiger partial charge in [0.15, 0.2) is 10.2 Å². The first-order chi connectivity index (χ1) is 8.24. The molecule has 3 nitrogen and oxygen atoms in total. The molecule has 2 rings (SSSR count). The van der Waals surface area contributed by atoms with Crippen molar-refractivity contribution < 1.29 is 0 Å². The average Bonchev–Trinajstić information content (AvgIpc) is 2.73. The Morgan fingerprint density at radius 3 is 2.76 bits per heavy atom. The lowest BCUT2D eigenvalue weighted by atomic mass is 10.2. The van der Waals surface area contributed by atoms with Crippen LogP contribution in [0.2, 0.25) is 4.34 Å². The molecule has 0 aliphatic rings. The monoisotopic (exact) mass is 283 g/mol. The van der Waals surface area contributed by atoms with Gasteiger partial charge in [0.1, 0.15) is 4.34 Å². The topological polar surface area (TPSA) is 37.0 Å². The third kappa shape index (κ3) is 3.96. The second kappa shape index (κ2) is 5.95. The van der Waals surface area contributed by atoms with E-state index in [1.165, 1.54) is 16.9 Å². The van der Waals surface area contributed by atoms with Crippen LogP contribution in [-0.2, 0) is 6.54 Å². The van der Waals surface area contributed by atoms with Crippen molar-refractivity contribution in [1.82, 2.24) is 10.3 Å². The summed E-state index contributed by atoms with van der Waals surface area (Å²) < 4.78 is 0.637. The number of aromatic nitrogens is 1. The fourth-order valence-electron chi connectivity index (χ4n) is 1.23. The zero-order valence-corrected chi connectivity index (χ0v) is 11.2. The van der Waals surface area contributed by atoms with Crippen LogP contribution in [0.5, 0.6) is 0 Å². The van der Waals surface area contributed by atoms with E-state index in [0.29, 0.717) is 21.1 Å². The van der Waals surface area contributed by atoms with Gasteiger partial charge in [-0.1, -0.05) is 53.3 Å². The summed E-state index contributed by atoms with van der Waals surface area (Å²) in [6.45, 7) is 0.686. The highest BCUT2D eigenvalue weighted by Crippen LogP contribution is 2.22. The van der Waals surface area contributed by atoms with Crippen molar-refractivity contribution in [2.45, 2.75) is 6.54 Å². The number of rotatable bonds is 3. The van der Waals surface area contributed by atoms with Gasteiger partial charge in [0, 0.05) is 6.54 Å². The van der Waals surface area contributed by atoms with Crippen LogP contribution in [0, 0.1) is 0 Å². The lowest BCUT2D eigenvalue weighted by Crippen LogP contribution is -2.27. The Morgan fingerprint density at radius 1 is 1.35 bits per heavy atom. The largest absolute Gasteiger partial charge is 0.358 e. The molecule has 0 amide bonds. The zero-order chi connectivity index (χ0) is 12.1. The highest BCUT2D eigenvalue weighted by Gasteiger charge is 2.01. The molecule has 0 saturated carbocycles. The predicted octanol–water partition coefficient (Wildman–Crippen LogP) is 3.28. The van der Waals surface area contributed by atoms with E-state index in [4.69, 9.17) is 23.8 Å². The van der Waals surface area contributed by atoms with Crippen molar-refractivity contribution in [2.75, 3.05) is 5.32 Å². The van der Waals surface area contributed by atoms with Gasteiger partial charge in [0.05, 0.1) is 6.20 Å². The van der Waals surface area contributed by atoms with E-state index in [0.717, 1.165) is 0 Å². The number of anilines is 1. The van der Waals surface area contributed by atoms with E-state index < -0.39 is 0 Å². The van der Waals surface area contributed by atoms with Crippen LogP contribution in [0.3, 0.4) is 0 Å². The van der Waals surface area contributed by atoms with Crippen molar-refractivity contribution in [2.24, 2.45) is 0 Å². The van der Waals surface area contributed by atoms with Crippen molar-refractivity contribution in [1.29, 1.82) is 0 Å². The number of hydrogen-bond donors (Lipinski definition) is 2. The van der Waals surface area contributed by atoms with Crippen molar-refractivity contribution >= 4 is 45.4 Å². The molecule has 0 bridgehead atoms. The van der Waals surface area contributed by atoms with E-state index in [1.54, 1.807) is 6.20 Å². The maximum atomic E-state index is 5.77. The minimum Gasteiger partial charge on any atom is -0.358 e. The SMILES string of the molecule is S=C(NCc1ccccc1)Nc1ncc(Cl)s1. The molecule has 0 radical (unpaired) electrons. The Bertz CT molecular complexity index is 498. The fourth-order valence-corrected chi connectivity index (χ4v) is 2.28. The summed E-state index contributed by atoms with van der Waals surface area (Å²) in [5.41, 5.74) is 1.17. The van der Waals surface area contributed by atoms with Crippen LogP contribution in [0.4, 0.5) is 5.13 Å². The van der Waals surface area contributed by atoms with E-state index >= 15 is 0 Å². The predicted molar refractivity (Wildman–Crippen MR) is 76.6 cm³/mol. The van der Waals surface area contributed by atoms with Crippen molar-refractivity contribution in [3.05, 3.63) is 46.4 Å². The molecule has 1 aromatic heterocycles. The molecular formula is C11H10ClN3S2. The molecule has 1 aromatic carbocycles. The van der Waals surface area contributed by atoms with Crippen LogP contribution in [0.1, 0.15) is 5.56 Å². The average molecular weight is 284 g/mol. The fraction of sp³-hybridized carbons (Fsp3) is 0.0909. The van der Waals surface area contributed by atoms with Crippen molar-refractivity contribution in [3.63, 3.8) is 0 Å². The third-order valence-corrected chi connectivity index (χ3v) is 3.27. The summed E-state index contributed by atoms with van der Waals surface area (Å²) in [4.78, 5) is 4.06. The van der Waals surface area contributed by atoms with Crippen LogP contribution in [-0.4, -0.2) is 10.1 Å². The maximum Gasteiger partial charge on any atom is 0.190 e. The minimum atomic E-state index is 0.542. The second-order valence-corrected chi connectivity index (χ2v) is 5.33. The van der Waals surface area contributed by atoms with Gasteiger partial charge in [0.25, 0.3) is 0 Å². The summed E-state index contributed by atoms with van der Waals surface area (Å²) in [6.07, 6.45) is 1.59. The Hall–Kier alpha value is -1.17. The van der Waals surface area contributed by atoms with Gasteiger partial charge >= 0.3 is 0 Å². The van der Waals surface area contributed by atoms with Gasteiger partial charge in [-0.3, -0.25) is 0 Å². The van der Waals surface area contributed by atoms with Crippen LogP contribution in [0.25, 0.3) is 0 Å². The zero-order valence-electron chi connectivity index (χ0n) is 8.81. The number of nitrogens with zero attached hydrogens (tertiary/aromatic N) is 1. The molecule has 0 saturated heterocycles. The maximum absolute atomic E-state index is 5.77. The lowest BCUT2D eigenvalue weighted by Gasteiger charge is -2.07. The third-order valence-electron chi connectivity index (χ3n) is 1.99. The highest BCUT2D eigenvalue weighted by molar-refractivity contribution is 7.80. The smallest absolute Gasteiger partial charge is 0.190 e. The molecule has 0 aliphatic carbocycles. The first kappa shape index (κ1) is 12.3. The second-order valence-electron chi connectivity index (χ2n) is 3.26. The Labute approximate surface area is 114 Å². The molecule has 2 N–H and O–H groups in total. The van der Waals surface area contributed by atoms with E-state index in [2.05, 4.69) is 15.6 Å². The highest BCUT2D eigenvalue weighted by atomic mass is 35.5. The molecule has 88 valence electrons. The Morgan fingerprint density at radius 2 is 2.12 bits per heavy atom. The van der Waals surface area contributed by atoms with Gasteiger partial charge in [0.2, 0.25) is 0 Å². The van der Waals surface area contributed by atoms with Gasteiger partial charge in [-0.05, 0) is 17.8 Å². The van der Waals surface area contributed by atoms with Crippen LogP contribution in [0.15, 0.2) is 36.5 Å². The number of thiazole rings is 1. The lowest BCUT2D eigenvalue weighted by molar-refractivity contribution is 0.925. The first-order valence-electron chi connectivity index (χ1n) is 4.94. The van der Waals surface area contributed by atoms with Gasteiger partial charge in [-0.2, -0.15) is 0 Å². The molecular weight excluding hydrogens is 274 g/mol. The molecule has 2 aromatic rings. The summed E-state index contributed by atoms with van der Waals surface area (Å²) in [6, 6.07) is 10.0. The number of hydrogen-bond acceptors (Lipinski definition) is 3. The molecule has 0 atom stereocenters. The quantitative estimate of drug-likeness (QED) is 0.848. The van der Waals surface area contributed by atoms with E-state index in [9.17, 15) is 0 Å². The summed E-state index contributed by atoms with van der Waals surface area (Å²) in [5, 5.41) is 7.31. The molecule has 17 heavy (non-hydrogen) atoms. The van der Waals surface area contributed by atoms with Gasteiger partial charge in [-0.15, -0.1) is 0 Å². The van der Waals surface area contributed by atoms with E-state index in [1.807, 2.05) is 30.3 Å². The minimum absolute atomic E-state index is 0.542. The summed E-state index contributed by atoms with van der Waals surface area (Å²) >= 11 is 12.3. The normalized spacial score (nSPS) is 9.94. The molecule has 6 heteroatoms. The van der Waals surface area contributed by atoms with Gasteiger partial charge < -0.3 is 10.6 Å². The Kier molecular flexibility index (Phi) is 4.30. The number of halogens is 1. The van der Waals surface area contributed by atoms with Crippen LogP contribution < -0.4 is 10.6 Å². The molecule has 0 unspecified atom stereocenters. The van der Waals surface area contributed by atoms with E-state index in [-0.39, 0.29) is 0 Å². The number of benzene rings is 1. The van der Waals surface area contributed by atoms with Crippen LogP contribution >= 0.6 is 35.2 Å². The summed E-state index contributed by atoms with van der Waals surface area (Å²) in [7, 11) is 0. The first-order valence-corrected chi connectivity index (χ1v) is 6.54. The number of nitrogens with one attached hydrogen (secondary N) is 2. The molecule has 0 fully saturated rings. The summed E-state index contributed by atoms with van der Waals surface area (Å²) in [5.74, 6) is 0. The molecule has 0 aliphatic heterocycles. The van der Waals surface area contributed by atoms with Gasteiger partial charge in [-0.25, -0.2) is 4.98 Å². The molecule has 0 spiro atoms.